The van der Waals surface area contributed by atoms with E-state index in [2.05, 4.69) is 5.32 Å². The Morgan fingerprint density at radius 1 is 1.42 bits per heavy atom. The molecule has 1 saturated carbocycles. The maximum absolute atomic E-state index is 12.0. The largest absolute Gasteiger partial charge is 0.370 e. The fourth-order valence-corrected chi connectivity index (χ4v) is 2.12. The maximum atomic E-state index is 12.0. The van der Waals surface area contributed by atoms with Crippen LogP contribution in [0.15, 0.2) is 30.3 Å². The van der Waals surface area contributed by atoms with Crippen molar-refractivity contribution in [1.29, 1.82) is 0 Å². The van der Waals surface area contributed by atoms with Crippen LogP contribution in [0.1, 0.15) is 24.4 Å². The zero-order chi connectivity index (χ0) is 13.0. The van der Waals surface area contributed by atoms with Gasteiger partial charge < -0.3 is 15.8 Å². The molecule has 2 unspecified atom stereocenters. The molecule has 0 radical (unpaired) electrons. The number of hydrogen-bond acceptors (Lipinski definition) is 3. The van der Waals surface area contributed by atoms with Gasteiger partial charge in [-0.2, -0.15) is 0 Å². The molecule has 3 N–H and O–H groups in total. The first-order valence-electron chi connectivity index (χ1n) is 6.34. The Kier molecular flexibility index (Phi) is 6.28. The molecule has 106 valence electrons. The van der Waals surface area contributed by atoms with Gasteiger partial charge in [-0.15, -0.1) is 12.4 Å². The van der Waals surface area contributed by atoms with E-state index in [4.69, 9.17) is 10.5 Å². The lowest BCUT2D eigenvalue weighted by atomic mass is 10.0. The van der Waals surface area contributed by atoms with Gasteiger partial charge in [0.1, 0.15) is 6.10 Å². The average Bonchev–Trinajstić information content (AvgIpc) is 3.23. The van der Waals surface area contributed by atoms with Crippen LogP contribution < -0.4 is 11.1 Å². The van der Waals surface area contributed by atoms with Crippen molar-refractivity contribution >= 4 is 18.3 Å². The molecule has 1 aromatic rings. The molecule has 5 heteroatoms. The van der Waals surface area contributed by atoms with Gasteiger partial charge in [0, 0.05) is 13.7 Å². The Morgan fingerprint density at radius 3 is 2.53 bits per heavy atom. The van der Waals surface area contributed by atoms with Gasteiger partial charge in [0.25, 0.3) is 5.91 Å². The Hall–Kier alpha value is -1.10. The standard InChI is InChI=1S/C14H20N2O2.ClH/c1-18-12(9-15)14(17)16-13(11-7-8-11)10-5-3-2-4-6-10;/h2-6,11-13H,7-9,15H2,1H3,(H,16,17);1H. The highest BCUT2D eigenvalue weighted by Gasteiger charge is 2.34. The number of carbonyl (C=O) groups excluding carboxylic acids is 1. The van der Waals surface area contributed by atoms with Crippen molar-refractivity contribution in [2.24, 2.45) is 11.7 Å². The van der Waals surface area contributed by atoms with Gasteiger partial charge in [0.2, 0.25) is 0 Å². The number of ether oxygens (including phenoxy) is 1. The van der Waals surface area contributed by atoms with Gasteiger partial charge in [-0.3, -0.25) is 4.79 Å². The minimum absolute atomic E-state index is 0. The smallest absolute Gasteiger partial charge is 0.250 e. The second-order valence-electron chi connectivity index (χ2n) is 4.69. The van der Waals surface area contributed by atoms with Gasteiger partial charge >= 0.3 is 0 Å². The molecule has 1 fully saturated rings. The molecule has 2 atom stereocenters. The predicted molar refractivity (Wildman–Crippen MR) is 77.1 cm³/mol. The first-order chi connectivity index (χ1) is 8.76. The summed E-state index contributed by atoms with van der Waals surface area (Å²) < 4.78 is 5.06. The van der Waals surface area contributed by atoms with E-state index in [0.29, 0.717) is 5.92 Å². The quantitative estimate of drug-likeness (QED) is 0.835. The van der Waals surface area contributed by atoms with E-state index in [1.165, 1.54) is 20.0 Å². The fourth-order valence-electron chi connectivity index (χ4n) is 2.12. The molecule has 1 amide bonds. The molecule has 0 aromatic heterocycles. The molecule has 0 aliphatic heterocycles. The Morgan fingerprint density at radius 2 is 2.05 bits per heavy atom. The second kappa shape index (κ2) is 7.48. The molecular formula is C14H21ClN2O2. The van der Waals surface area contributed by atoms with Crippen molar-refractivity contribution in [3.05, 3.63) is 35.9 Å². The average molecular weight is 285 g/mol. The number of nitrogens with two attached hydrogens (primary N) is 1. The summed E-state index contributed by atoms with van der Waals surface area (Å²) in [4.78, 5) is 12.0. The zero-order valence-electron chi connectivity index (χ0n) is 11.0. The third-order valence-corrected chi connectivity index (χ3v) is 3.34. The van der Waals surface area contributed by atoms with Crippen LogP contribution in [0.25, 0.3) is 0 Å². The van der Waals surface area contributed by atoms with Gasteiger partial charge in [0.05, 0.1) is 6.04 Å². The third kappa shape index (κ3) is 4.20. The van der Waals surface area contributed by atoms with Gasteiger partial charge in [0.15, 0.2) is 0 Å². The monoisotopic (exact) mass is 284 g/mol. The van der Waals surface area contributed by atoms with Gasteiger partial charge in [-0.05, 0) is 24.3 Å². The van der Waals surface area contributed by atoms with E-state index < -0.39 is 6.10 Å². The minimum atomic E-state index is -0.560. The topological polar surface area (TPSA) is 64.3 Å². The summed E-state index contributed by atoms with van der Waals surface area (Å²) in [5.41, 5.74) is 6.66. The fraction of sp³-hybridized carbons (Fsp3) is 0.500. The van der Waals surface area contributed by atoms with E-state index in [-0.39, 0.29) is 30.9 Å². The van der Waals surface area contributed by atoms with Crippen LogP contribution in [0.4, 0.5) is 0 Å². The van der Waals surface area contributed by atoms with Crippen LogP contribution in [0.2, 0.25) is 0 Å². The Bertz CT molecular complexity index is 392. The normalized spacial score (nSPS) is 17.2. The van der Waals surface area contributed by atoms with Crippen molar-refractivity contribution in [2.45, 2.75) is 25.0 Å². The van der Waals surface area contributed by atoms with Crippen LogP contribution in [0.3, 0.4) is 0 Å². The van der Waals surface area contributed by atoms with Crippen LogP contribution in [-0.4, -0.2) is 25.7 Å². The number of benzene rings is 1. The molecule has 4 nitrogen and oxygen atoms in total. The molecule has 2 rings (SSSR count). The number of methoxy groups -OCH3 is 1. The molecule has 1 aliphatic carbocycles. The summed E-state index contributed by atoms with van der Waals surface area (Å²) >= 11 is 0. The molecule has 1 aromatic carbocycles. The van der Waals surface area contributed by atoms with Crippen molar-refractivity contribution in [1.82, 2.24) is 5.32 Å². The molecule has 0 bridgehead atoms. The molecule has 0 spiro atoms. The van der Waals surface area contributed by atoms with E-state index in [1.807, 2.05) is 30.3 Å². The number of amides is 1. The van der Waals surface area contributed by atoms with E-state index in [1.54, 1.807) is 0 Å². The van der Waals surface area contributed by atoms with Crippen LogP contribution in [0.5, 0.6) is 0 Å². The van der Waals surface area contributed by atoms with Crippen molar-refractivity contribution in [3.63, 3.8) is 0 Å². The first kappa shape index (κ1) is 16.0. The highest BCUT2D eigenvalue weighted by molar-refractivity contribution is 5.85. The lowest BCUT2D eigenvalue weighted by molar-refractivity contribution is -0.131. The summed E-state index contributed by atoms with van der Waals surface area (Å²) in [6.07, 6.45) is 1.77. The number of rotatable bonds is 6. The number of halogens is 1. The van der Waals surface area contributed by atoms with Crippen LogP contribution >= 0.6 is 12.4 Å². The SMILES string of the molecule is COC(CN)C(=O)NC(c1ccccc1)C1CC1.Cl. The second-order valence-corrected chi connectivity index (χ2v) is 4.69. The molecule has 0 saturated heterocycles. The van der Waals surface area contributed by atoms with E-state index >= 15 is 0 Å². The number of hydrogen-bond donors (Lipinski definition) is 2. The van der Waals surface area contributed by atoms with E-state index in [9.17, 15) is 4.79 Å². The Balaban J connectivity index is 0.00000180. The van der Waals surface area contributed by atoms with Crippen molar-refractivity contribution in [2.75, 3.05) is 13.7 Å². The Labute approximate surface area is 120 Å². The minimum Gasteiger partial charge on any atom is -0.370 e. The highest BCUT2D eigenvalue weighted by atomic mass is 35.5. The number of nitrogens with one attached hydrogen (secondary N) is 1. The lowest BCUT2D eigenvalue weighted by Crippen LogP contribution is -2.42. The van der Waals surface area contributed by atoms with Crippen molar-refractivity contribution in [3.8, 4) is 0 Å². The summed E-state index contributed by atoms with van der Waals surface area (Å²) in [6, 6.07) is 10.2. The summed E-state index contributed by atoms with van der Waals surface area (Å²) in [5, 5.41) is 3.05. The first-order valence-corrected chi connectivity index (χ1v) is 6.34. The van der Waals surface area contributed by atoms with Crippen LogP contribution in [-0.2, 0) is 9.53 Å². The summed E-state index contributed by atoms with van der Waals surface area (Å²) in [6.45, 7) is 0.203. The molecule has 1 aliphatic rings. The van der Waals surface area contributed by atoms with Crippen LogP contribution in [0, 0.1) is 5.92 Å². The van der Waals surface area contributed by atoms with Gasteiger partial charge in [-0.1, -0.05) is 30.3 Å². The van der Waals surface area contributed by atoms with Gasteiger partial charge in [-0.25, -0.2) is 0 Å². The van der Waals surface area contributed by atoms with E-state index in [0.717, 1.165) is 5.56 Å². The molecule has 19 heavy (non-hydrogen) atoms. The summed E-state index contributed by atoms with van der Waals surface area (Å²) in [5.74, 6) is 0.424. The van der Waals surface area contributed by atoms with Crippen molar-refractivity contribution < 1.29 is 9.53 Å². The molecule has 0 heterocycles. The highest BCUT2D eigenvalue weighted by Crippen LogP contribution is 2.40. The summed E-state index contributed by atoms with van der Waals surface area (Å²) in [7, 11) is 1.51. The maximum Gasteiger partial charge on any atom is 0.250 e. The molecular weight excluding hydrogens is 264 g/mol. The lowest BCUT2D eigenvalue weighted by Gasteiger charge is -2.21. The third-order valence-electron chi connectivity index (χ3n) is 3.34. The zero-order valence-corrected chi connectivity index (χ0v) is 11.9. The number of carbonyl (C=O) groups is 1. The predicted octanol–water partition coefficient (Wildman–Crippen LogP) is 1.65.